The van der Waals surface area contributed by atoms with Gasteiger partial charge in [0.25, 0.3) is 0 Å². The molecule has 1 saturated heterocycles. The normalized spacial score (nSPS) is 25.4. The predicted molar refractivity (Wildman–Crippen MR) is 236 cm³/mol. The summed E-state index contributed by atoms with van der Waals surface area (Å²) in [6.45, 7) is 19.6. The van der Waals surface area contributed by atoms with Crippen LogP contribution in [0.1, 0.15) is 121 Å². The molecule has 0 radical (unpaired) electrons. The maximum atomic E-state index is 12.9. The number of ketones is 2. The largest absolute Gasteiger partial charge is 0.456 e. The fraction of sp³-hybridized carbons (Fsp3) is 0.778. The zero-order valence-corrected chi connectivity index (χ0v) is 40.5. The number of esters is 1. The fourth-order valence-corrected chi connectivity index (χ4v) is 6.38. The van der Waals surface area contributed by atoms with Gasteiger partial charge in [-0.1, -0.05) is 52.8 Å². The van der Waals surface area contributed by atoms with Crippen LogP contribution in [0.4, 0.5) is 0 Å². The highest BCUT2D eigenvalue weighted by atomic mass is 17.2. The van der Waals surface area contributed by atoms with Gasteiger partial charge in [-0.15, -0.1) is 0 Å². The number of rotatable bonds is 16. The quantitative estimate of drug-likeness (QED) is 0.0840. The summed E-state index contributed by atoms with van der Waals surface area (Å²) in [4.78, 5) is 89.3. The van der Waals surface area contributed by atoms with Crippen LogP contribution in [0.2, 0.25) is 0 Å². The minimum Gasteiger partial charge on any atom is -0.456 e. The molecular weight excluding hydrogens is 810 g/mol. The van der Waals surface area contributed by atoms with Gasteiger partial charge in [-0.25, -0.2) is 19.6 Å². The molecule has 1 heterocycles. The van der Waals surface area contributed by atoms with Crippen molar-refractivity contribution in [3.05, 3.63) is 24.3 Å². The lowest BCUT2D eigenvalue weighted by Crippen LogP contribution is -2.60. The van der Waals surface area contributed by atoms with Crippen LogP contribution in [0.25, 0.3) is 0 Å². The van der Waals surface area contributed by atoms with E-state index in [2.05, 4.69) is 9.78 Å². The number of nitrogens with zero attached hydrogens (tertiary/aromatic N) is 1. The fourth-order valence-electron chi connectivity index (χ4n) is 6.38. The molecule has 2 aliphatic rings. The van der Waals surface area contributed by atoms with Crippen LogP contribution in [0.5, 0.6) is 0 Å². The van der Waals surface area contributed by atoms with Gasteiger partial charge in [0.05, 0.1) is 32.5 Å². The van der Waals surface area contributed by atoms with Crippen LogP contribution in [0.3, 0.4) is 0 Å². The second-order valence-electron chi connectivity index (χ2n) is 14.5. The molecule has 17 heteroatoms. The maximum Gasteiger partial charge on any atom is 0.303 e. The summed E-state index contributed by atoms with van der Waals surface area (Å²) in [7, 11) is 8.02. The highest BCUT2D eigenvalue weighted by Gasteiger charge is 2.50. The Morgan fingerprint density at radius 3 is 1.94 bits per heavy atom. The summed E-state index contributed by atoms with van der Waals surface area (Å²) in [5.74, 6) is -1.54. The maximum absolute atomic E-state index is 12.9. The number of aldehydes is 3. The van der Waals surface area contributed by atoms with Crippen molar-refractivity contribution >= 4 is 36.4 Å². The SMILES string of the molecule is CC.CCC=O.CCC=O.CCO.COC1C(C)OC(OC(C(C)OOC2CC(=O)CC=CC=CC(=O)C(C)CC2CC=O)C(C(C)O)N(C)C)CC1(C)OC(C)=O.COOC. The zero-order chi connectivity index (χ0) is 48.8. The van der Waals surface area contributed by atoms with E-state index in [1.54, 1.807) is 78.8 Å². The third kappa shape index (κ3) is 29.3. The number of carbonyl (C=O) groups excluding carboxylic acids is 6. The van der Waals surface area contributed by atoms with E-state index in [4.69, 9.17) is 33.8 Å². The molecule has 11 atom stereocenters. The van der Waals surface area contributed by atoms with E-state index in [-0.39, 0.29) is 43.9 Å². The monoisotopic (exact) mass is 894 g/mol. The van der Waals surface area contributed by atoms with Gasteiger partial charge in [0.1, 0.15) is 54.7 Å². The second-order valence-corrected chi connectivity index (χ2v) is 14.5. The summed E-state index contributed by atoms with van der Waals surface area (Å²) < 4.78 is 24.0. The van der Waals surface area contributed by atoms with Crippen LogP contribution >= 0.6 is 0 Å². The van der Waals surface area contributed by atoms with Crippen molar-refractivity contribution in [2.45, 2.75) is 176 Å². The molecule has 62 heavy (non-hydrogen) atoms. The van der Waals surface area contributed by atoms with E-state index in [0.717, 1.165) is 18.9 Å². The van der Waals surface area contributed by atoms with Crippen molar-refractivity contribution in [1.82, 2.24) is 4.90 Å². The molecule has 0 aromatic rings. The molecule has 11 unspecified atom stereocenters. The van der Waals surface area contributed by atoms with Crippen molar-refractivity contribution in [2.75, 3.05) is 42.0 Å². The molecule has 1 aliphatic heterocycles. The first-order valence-corrected chi connectivity index (χ1v) is 21.4. The summed E-state index contributed by atoms with van der Waals surface area (Å²) >= 11 is 0. The van der Waals surface area contributed by atoms with E-state index < -0.39 is 72.4 Å². The number of methoxy groups -OCH3 is 1. The van der Waals surface area contributed by atoms with Crippen molar-refractivity contribution in [2.24, 2.45) is 11.8 Å². The number of hydrogen-bond donors (Lipinski definition) is 2. The van der Waals surface area contributed by atoms with Crippen LogP contribution in [0, 0.1) is 11.8 Å². The highest BCUT2D eigenvalue weighted by molar-refractivity contribution is 5.91. The van der Waals surface area contributed by atoms with E-state index in [1.165, 1.54) is 34.3 Å². The van der Waals surface area contributed by atoms with Gasteiger partial charge in [0.2, 0.25) is 0 Å². The number of carbonyl (C=O) groups is 6. The van der Waals surface area contributed by atoms with Crippen LogP contribution in [-0.2, 0) is 67.3 Å². The third-order valence-electron chi connectivity index (χ3n) is 8.98. The smallest absolute Gasteiger partial charge is 0.303 e. The molecule has 0 aromatic carbocycles. The Kier molecular flexibility index (Phi) is 43.0. The first kappa shape index (κ1) is 65.5. The zero-order valence-electron chi connectivity index (χ0n) is 40.5. The Hall–Kier alpha value is -3.10. The van der Waals surface area contributed by atoms with Crippen molar-refractivity contribution in [1.29, 1.82) is 0 Å². The lowest BCUT2D eigenvalue weighted by Gasteiger charge is -2.47. The Morgan fingerprint density at radius 1 is 0.984 bits per heavy atom. The number of allylic oxidation sites excluding steroid dienone is 4. The Bertz CT molecular complexity index is 1210. The van der Waals surface area contributed by atoms with Crippen molar-refractivity contribution in [3.8, 4) is 0 Å². The Labute approximate surface area is 372 Å². The molecule has 0 amide bonds. The van der Waals surface area contributed by atoms with E-state index in [9.17, 15) is 33.9 Å². The van der Waals surface area contributed by atoms with Crippen LogP contribution in [-0.4, -0.2) is 148 Å². The van der Waals surface area contributed by atoms with Gasteiger partial charge in [0, 0.05) is 65.1 Å². The second kappa shape index (κ2) is 40.7. The lowest BCUT2D eigenvalue weighted by molar-refractivity contribution is -0.382. The molecule has 1 aliphatic carbocycles. The average molecular weight is 894 g/mol. The number of aliphatic hydroxyl groups excluding tert-OH is 2. The number of likely N-dealkylation sites (N-methyl/N-ethyl adjacent to an activating group) is 1. The van der Waals surface area contributed by atoms with E-state index in [1.807, 2.05) is 27.7 Å². The summed E-state index contributed by atoms with van der Waals surface area (Å²) in [6, 6.07) is -0.596. The summed E-state index contributed by atoms with van der Waals surface area (Å²) in [5, 5.41) is 18.4. The molecule has 17 nitrogen and oxygen atoms in total. The first-order chi connectivity index (χ1) is 29.3. The lowest BCUT2D eigenvalue weighted by atomic mass is 9.84. The van der Waals surface area contributed by atoms with Gasteiger partial charge in [-0.3, -0.25) is 14.4 Å². The molecule has 1 fully saturated rings. The van der Waals surface area contributed by atoms with E-state index >= 15 is 0 Å². The molecule has 0 saturated carbocycles. The first-order valence-electron chi connectivity index (χ1n) is 21.4. The van der Waals surface area contributed by atoms with Gasteiger partial charge >= 0.3 is 5.97 Å². The van der Waals surface area contributed by atoms with Crippen LogP contribution < -0.4 is 0 Å². The number of hydrogen-bond acceptors (Lipinski definition) is 17. The minimum absolute atomic E-state index is 0.0262. The number of ether oxygens (including phenoxy) is 4. The average Bonchev–Trinajstić information content (AvgIpc) is 3.21. The standard InChI is InChI=1S/C33H53NO11.2C3H6O.C2H6O2.C2H6O.C2H6/c1-20-17-25(15-16-35)28(18-26(38)13-11-10-12-14-27(20)39)45-44-22(3)31(30(21(2)36)34(7)8)42-29-19-33(6,43-24(5)37)32(40-9)23(4)41-29;2*1-2-3-4;1-3-4-2;1-2-3;1-2/h10-12,14,16,20-23,25,28-32,36H,13,15,17-19H2,1-9H3;2*3H,2H2,1H3;1-2H3;3H,2H2,1H3;1-2H3. The van der Waals surface area contributed by atoms with Gasteiger partial charge in [-0.05, 0) is 67.1 Å². The molecule has 2 N–H and O–H groups in total. The van der Waals surface area contributed by atoms with Gasteiger partial charge in [-0.2, -0.15) is 0 Å². The Balaban J connectivity index is -0.000000844. The van der Waals surface area contributed by atoms with Crippen molar-refractivity contribution < 1.29 is 77.5 Å². The molecule has 0 aromatic heterocycles. The number of Topliss-reactive ketones (excluding diaryl/α,β-unsaturated/α-hetero) is 1. The molecular formula is C45H83NO16. The topological polar surface area (TPSA) is 220 Å². The Morgan fingerprint density at radius 2 is 1.52 bits per heavy atom. The van der Waals surface area contributed by atoms with E-state index in [0.29, 0.717) is 19.3 Å². The molecule has 0 bridgehead atoms. The third-order valence-corrected chi connectivity index (χ3v) is 8.98. The predicted octanol–water partition coefficient (Wildman–Crippen LogP) is 5.55. The summed E-state index contributed by atoms with van der Waals surface area (Å²) in [5.41, 5.74) is -1.06. The number of aliphatic hydroxyl groups is 2. The summed E-state index contributed by atoms with van der Waals surface area (Å²) in [6.07, 6.45) is 5.57. The molecule has 0 spiro atoms. The highest BCUT2D eigenvalue weighted by Crippen LogP contribution is 2.36. The van der Waals surface area contributed by atoms with Crippen molar-refractivity contribution in [3.63, 3.8) is 0 Å². The molecule has 364 valence electrons. The van der Waals surface area contributed by atoms with Crippen LogP contribution in [0.15, 0.2) is 24.3 Å². The molecule has 2 rings (SSSR count). The van der Waals surface area contributed by atoms with Gasteiger partial charge in [0.15, 0.2) is 12.1 Å². The van der Waals surface area contributed by atoms with Gasteiger partial charge < -0.3 is 48.4 Å². The minimum atomic E-state index is -1.06.